The monoisotopic (exact) mass is 507 g/mol. The number of carbonyl (C=O) groups is 2. The zero-order chi connectivity index (χ0) is 23.5. The molecule has 2 heterocycles. The van der Waals surface area contributed by atoms with Gasteiger partial charge in [0.25, 0.3) is 11.1 Å². The van der Waals surface area contributed by atoms with Crippen LogP contribution in [0.1, 0.15) is 5.76 Å². The highest BCUT2D eigenvalue weighted by Crippen LogP contribution is 2.35. The Bertz CT molecular complexity index is 1390. The lowest BCUT2D eigenvalue weighted by atomic mass is 10.1. The van der Waals surface area contributed by atoms with Crippen LogP contribution in [-0.4, -0.2) is 29.2 Å². The largest absolute Gasteiger partial charge is 0.491 e. The van der Waals surface area contributed by atoms with E-state index in [0.29, 0.717) is 20.8 Å². The molecule has 0 saturated carbocycles. The van der Waals surface area contributed by atoms with Crippen LogP contribution in [0.3, 0.4) is 0 Å². The first-order valence-electron chi connectivity index (χ1n) is 10.5. The van der Waals surface area contributed by atoms with Crippen molar-refractivity contribution in [3.8, 4) is 5.75 Å². The van der Waals surface area contributed by atoms with Crippen LogP contribution in [0.25, 0.3) is 16.8 Å². The van der Waals surface area contributed by atoms with E-state index in [1.54, 1.807) is 12.1 Å². The van der Waals surface area contributed by atoms with E-state index in [4.69, 9.17) is 20.8 Å². The van der Waals surface area contributed by atoms with Gasteiger partial charge in [-0.2, -0.15) is 0 Å². The molecule has 4 aromatic rings. The Morgan fingerprint density at radius 2 is 1.76 bits per heavy atom. The van der Waals surface area contributed by atoms with E-state index in [2.05, 4.69) is 0 Å². The van der Waals surface area contributed by atoms with Crippen LogP contribution in [0.5, 0.6) is 5.75 Å². The number of nitrogens with zero attached hydrogens (tertiary/aromatic N) is 1. The zero-order valence-corrected chi connectivity index (χ0v) is 20.2. The number of fused-ring (bicyclic) bond motifs is 1. The fraction of sp³-hybridized carbons (Fsp3) is 0.0769. The van der Waals surface area contributed by atoms with Gasteiger partial charge in [-0.15, -0.1) is 0 Å². The maximum absolute atomic E-state index is 12.8. The fourth-order valence-corrected chi connectivity index (χ4v) is 5.23. The highest BCUT2D eigenvalue weighted by molar-refractivity contribution is 8.18. The van der Waals surface area contributed by atoms with Crippen molar-refractivity contribution in [3.63, 3.8) is 0 Å². The lowest BCUT2D eigenvalue weighted by Gasteiger charge is -2.14. The van der Waals surface area contributed by atoms with Gasteiger partial charge in [-0.05, 0) is 59.6 Å². The maximum Gasteiger partial charge on any atom is 0.293 e. The van der Waals surface area contributed by atoms with Crippen molar-refractivity contribution in [2.24, 2.45) is 0 Å². The molecule has 0 N–H and O–H groups in total. The number of hydrogen-bond donors (Lipinski definition) is 0. The molecule has 0 aliphatic carbocycles. The molecule has 5 nitrogen and oxygen atoms in total. The molecule has 0 atom stereocenters. The van der Waals surface area contributed by atoms with Gasteiger partial charge in [0, 0.05) is 21.4 Å². The summed E-state index contributed by atoms with van der Waals surface area (Å²) < 4.78 is 11.7. The molecular formula is C26H18ClNO4S2. The first-order valence-corrected chi connectivity index (χ1v) is 12.5. The van der Waals surface area contributed by atoms with Gasteiger partial charge in [-0.1, -0.05) is 59.8 Å². The van der Waals surface area contributed by atoms with E-state index in [0.717, 1.165) is 33.2 Å². The van der Waals surface area contributed by atoms with Gasteiger partial charge in [-0.3, -0.25) is 14.5 Å². The standard InChI is InChI=1S/C26H18ClNO4S2/c27-18-8-11-20(12-9-18)33-24-13-10-19(32-24)16-23-25(29)28(26(30)34-23)14-15-31-22-7-3-5-17-4-1-2-6-21(17)22/h1-13,16H,14-15H2/b23-16-. The Morgan fingerprint density at radius 1 is 0.971 bits per heavy atom. The van der Waals surface area contributed by atoms with Crippen LogP contribution in [-0.2, 0) is 4.79 Å². The van der Waals surface area contributed by atoms with Gasteiger partial charge in [0.15, 0.2) is 5.09 Å². The molecule has 1 fully saturated rings. The van der Waals surface area contributed by atoms with Gasteiger partial charge >= 0.3 is 0 Å². The molecule has 0 bridgehead atoms. The van der Waals surface area contributed by atoms with Crippen molar-refractivity contribution in [3.05, 3.63) is 94.6 Å². The molecule has 1 aliphatic heterocycles. The number of rotatable bonds is 7. The van der Waals surface area contributed by atoms with Crippen LogP contribution < -0.4 is 4.74 Å². The van der Waals surface area contributed by atoms with E-state index in [9.17, 15) is 9.59 Å². The second-order valence-electron chi connectivity index (χ2n) is 7.37. The molecule has 5 rings (SSSR count). The number of amides is 2. The first kappa shape index (κ1) is 22.7. The zero-order valence-electron chi connectivity index (χ0n) is 17.8. The third-order valence-corrected chi connectivity index (χ3v) is 7.19. The number of benzene rings is 3. The molecule has 8 heteroatoms. The number of imide groups is 1. The topological polar surface area (TPSA) is 59.8 Å². The Hall–Kier alpha value is -3.13. The molecule has 34 heavy (non-hydrogen) atoms. The van der Waals surface area contributed by atoms with Gasteiger partial charge in [0.2, 0.25) is 0 Å². The molecule has 170 valence electrons. The molecule has 1 aliphatic rings. The SMILES string of the molecule is O=C1S/C(=C\c2ccc(Sc3ccc(Cl)cc3)o2)C(=O)N1CCOc1cccc2ccccc12. The van der Waals surface area contributed by atoms with E-state index in [1.807, 2.05) is 72.8 Å². The Morgan fingerprint density at radius 3 is 2.62 bits per heavy atom. The van der Waals surface area contributed by atoms with Crippen molar-refractivity contribution in [2.75, 3.05) is 13.2 Å². The molecule has 0 radical (unpaired) electrons. The van der Waals surface area contributed by atoms with Crippen molar-refractivity contribution in [1.82, 2.24) is 4.90 Å². The summed E-state index contributed by atoms with van der Waals surface area (Å²) in [6.45, 7) is 0.378. The summed E-state index contributed by atoms with van der Waals surface area (Å²) in [4.78, 5) is 27.8. The molecule has 0 unspecified atom stereocenters. The van der Waals surface area contributed by atoms with E-state index < -0.39 is 0 Å². The summed E-state index contributed by atoms with van der Waals surface area (Å²) in [6.07, 6.45) is 1.60. The average molecular weight is 508 g/mol. The minimum absolute atomic E-state index is 0.168. The van der Waals surface area contributed by atoms with Crippen molar-refractivity contribution in [2.45, 2.75) is 9.99 Å². The van der Waals surface area contributed by atoms with Crippen LogP contribution in [0.15, 0.2) is 98.2 Å². The van der Waals surface area contributed by atoms with Gasteiger partial charge in [0.1, 0.15) is 18.1 Å². The summed E-state index contributed by atoms with van der Waals surface area (Å²) >= 11 is 8.27. The Balaban J connectivity index is 1.22. The van der Waals surface area contributed by atoms with E-state index in [-0.39, 0.29) is 24.3 Å². The minimum atomic E-state index is -0.347. The van der Waals surface area contributed by atoms with Gasteiger partial charge in [-0.25, -0.2) is 0 Å². The molecule has 2 amide bonds. The second kappa shape index (κ2) is 10.0. The summed E-state index contributed by atoms with van der Waals surface area (Å²) in [5, 5.41) is 3.09. The lowest BCUT2D eigenvalue weighted by Crippen LogP contribution is -2.32. The third kappa shape index (κ3) is 5.01. The smallest absolute Gasteiger partial charge is 0.293 e. The highest BCUT2D eigenvalue weighted by atomic mass is 35.5. The summed E-state index contributed by atoms with van der Waals surface area (Å²) in [5.41, 5.74) is 0. The Kier molecular flexibility index (Phi) is 6.67. The number of furan rings is 1. The van der Waals surface area contributed by atoms with Gasteiger partial charge in [0.05, 0.1) is 11.4 Å². The summed E-state index contributed by atoms with van der Waals surface area (Å²) in [5.74, 6) is 0.885. The van der Waals surface area contributed by atoms with E-state index >= 15 is 0 Å². The van der Waals surface area contributed by atoms with Gasteiger partial charge < -0.3 is 9.15 Å². The second-order valence-corrected chi connectivity index (χ2v) is 9.88. The van der Waals surface area contributed by atoms with Crippen molar-refractivity contribution < 1.29 is 18.7 Å². The number of ether oxygens (including phenoxy) is 1. The van der Waals surface area contributed by atoms with Crippen molar-refractivity contribution >= 4 is 63.1 Å². The predicted molar refractivity (Wildman–Crippen MR) is 136 cm³/mol. The number of carbonyl (C=O) groups excluding carboxylic acids is 2. The predicted octanol–water partition coefficient (Wildman–Crippen LogP) is 7.35. The summed E-state index contributed by atoms with van der Waals surface area (Å²) in [6, 6.07) is 24.8. The Labute approximate surface area is 209 Å². The molecule has 1 aromatic heterocycles. The normalized spacial score (nSPS) is 15.0. The summed E-state index contributed by atoms with van der Waals surface area (Å²) in [7, 11) is 0. The average Bonchev–Trinajstić information content (AvgIpc) is 3.39. The van der Waals surface area contributed by atoms with Crippen LogP contribution >= 0.6 is 35.1 Å². The van der Waals surface area contributed by atoms with Crippen molar-refractivity contribution in [1.29, 1.82) is 0 Å². The maximum atomic E-state index is 12.8. The highest BCUT2D eigenvalue weighted by Gasteiger charge is 2.35. The number of halogens is 1. The van der Waals surface area contributed by atoms with Crippen LogP contribution in [0.4, 0.5) is 4.79 Å². The number of thioether (sulfide) groups is 1. The molecular weight excluding hydrogens is 490 g/mol. The molecule has 3 aromatic carbocycles. The van der Waals surface area contributed by atoms with Crippen LogP contribution in [0, 0.1) is 0 Å². The minimum Gasteiger partial charge on any atom is -0.491 e. The lowest BCUT2D eigenvalue weighted by molar-refractivity contribution is -0.123. The molecule has 1 saturated heterocycles. The molecule has 0 spiro atoms. The van der Waals surface area contributed by atoms with E-state index in [1.165, 1.54) is 16.7 Å². The number of hydrogen-bond acceptors (Lipinski definition) is 6. The van der Waals surface area contributed by atoms with Crippen LogP contribution in [0.2, 0.25) is 5.02 Å². The first-order chi connectivity index (χ1) is 16.6. The quantitative estimate of drug-likeness (QED) is 0.244. The fourth-order valence-electron chi connectivity index (χ4n) is 3.48. The third-order valence-electron chi connectivity index (χ3n) is 5.10.